The van der Waals surface area contributed by atoms with Crippen LogP contribution < -0.4 is 10.6 Å². The Labute approximate surface area is 149 Å². The average Bonchev–Trinajstić information content (AvgIpc) is 3.15. The highest BCUT2D eigenvalue weighted by Gasteiger charge is 2.18. The summed E-state index contributed by atoms with van der Waals surface area (Å²) in [5, 5.41) is 5.38. The van der Waals surface area contributed by atoms with Crippen LogP contribution in [0.15, 0.2) is 54.6 Å². The lowest BCUT2D eigenvalue weighted by molar-refractivity contribution is -0.115. The fourth-order valence-electron chi connectivity index (χ4n) is 2.33. The molecule has 0 atom stereocenters. The van der Waals surface area contributed by atoms with Crippen molar-refractivity contribution in [2.24, 2.45) is 0 Å². The van der Waals surface area contributed by atoms with Gasteiger partial charge in [-0.15, -0.1) is 23.5 Å². The number of para-hydroxylation sites is 1. The molecule has 0 aliphatic carbocycles. The first kappa shape index (κ1) is 16.9. The zero-order valence-corrected chi connectivity index (χ0v) is 14.7. The van der Waals surface area contributed by atoms with Crippen molar-refractivity contribution in [3.63, 3.8) is 0 Å². The second kappa shape index (κ2) is 8.26. The molecule has 1 saturated heterocycles. The summed E-state index contributed by atoms with van der Waals surface area (Å²) in [5.41, 5.74) is 2.52. The molecule has 0 spiro atoms. The average molecular weight is 358 g/mol. The molecule has 0 bridgehead atoms. The van der Waals surface area contributed by atoms with E-state index < -0.39 is 0 Å². The molecule has 3 rings (SSSR count). The molecule has 2 aromatic rings. The minimum atomic E-state index is -0.245. The molecular formula is C18H18N2O2S2. The third-order valence-corrected chi connectivity index (χ3v) is 6.64. The SMILES string of the molecule is O=C(CNC(=O)c1ccc(C2SCCS2)cc1)Nc1ccccc1. The van der Waals surface area contributed by atoms with Crippen molar-refractivity contribution < 1.29 is 9.59 Å². The van der Waals surface area contributed by atoms with Gasteiger partial charge in [-0.1, -0.05) is 30.3 Å². The maximum atomic E-state index is 12.1. The number of thioether (sulfide) groups is 2. The Morgan fingerprint density at radius 3 is 2.29 bits per heavy atom. The molecule has 0 saturated carbocycles. The molecule has 1 heterocycles. The van der Waals surface area contributed by atoms with Gasteiger partial charge >= 0.3 is 0 Å². The van der Waals surface area contributed by atoms with Crippen molar-refractivity contribution in [3.05, 3.63) is 65.7 Å². The second-order valence-corrected chi connectivity index (χ2v) is 8.02. The van der Waals surface area contributed by atoms with Crippen LogP contribution in [0, 0.1) is 0 Å². The molecule has 6 heteroatoms. The number of rotatable bonds is 5. The molecule has 1 aliphatic rings. The molecule has 1 aliphatic heterocycles. The lowest BCUT2D eigenvalue weighted by Gasteiger charge is -2.10. The van der Waals surface area contributed by atoms with E-state index in [1.165, 1.54) is 17.1 Å². The summed E-state index contributed by atoms with van der Waals surface area (Å²) in [6.07, 6.45) is 0. The lowest BCUT2D eigenvalue weighted by atomic mass is 10.1. The van der Waals surface area contributed by atoms with Crippen molar-refractivity contribution in [2.45, 2.75) is 4.58 Å². The Bertz CT molecular complexity index is 699. The largest absolute Gasteiger partial charge is 0.343 e. The minimum absolute atomic E-state index is 0.0518. The molecule has 2 amide bonds. The monoisotopic (exact) mass is 358 g/mol. The van der Waals surface area contributed by atoms with Crippen molar-refractivity contribution in [1.29, 1.82) is 0 Å². The van der Waals surface area contributed by atoms with E-state index in [0.717, 1.165) is 0 Å². The molecule has 4 nitrogen and oxygen atoms in total. The number of hydrogen-bond acceptors (Lipinski definition) is 4. The summed E-state index contributed by atoms with van der Waals surface area (Å²) in [4.78, 5) is 24.0. The first-order chi connectivity index (χ1) is 11.7. The van der Waals surface area contributed by atoms with Gasteiger partial charge in [0.1, 0.15) is 0 Å². The Morgan fingerprint density at radius 2 is 1.62 bits per heavy atom. The minimum Gasteiger partial charge on any atom is -0.343 e. The molecule has 0 radical (unpaired) electrons. The maximum absolute atomic E-state index is 12.1. The van der Waals surface area contributed by atoms with Crippen LogP contribution in [0.4, 0.5) is 5.69 Å². The summed E-state index contributed by atoms with van der Waals surface area (Å²) >= 11 is 3.87. The van der Waals surface area contributed by atoms with Gasteiger partial charge in [0.2, 0.25) is 5.91 Å². The van der Waals surface area contributed by atoms with Gasteiger partial charge in [-0.2, -0.15) is 0 Å². The normalized spacial score (nSPS) is 14.3. The van der Waals surface area contributed by atoms with Crippen molar-refractivity contribution in [3.8, 4) is 0 Å². The zero-order chi connectivity index (χ0) is 16.8. The Morgan fingerprint density at radius 1 is 0.958 bits per heavy atom. The third kappa shape index (κ3) is 4.55. The summed E-state index contributed by atoms with van der Waals surface area (Å²) in [7, 11) is 0. The third-order valence-electron chi connectivity index (χ3n) is 3.53. The Hall–Kier alpha value is -1.92. The zero-order valence-electron chi connectivity index (χ0n) is 13.0. The summed E-state index contributed by atoms with van der Waals surface area (Å²) in [6, 6.07) is 16.8. The summed E-state index contributed by atoms with van der Waals surface area (Å²) < 4.78 is 0.471. The van der Waals surface area contributed by atoms with Crippen molar-refractivity contribution in [1.82, 2.24) is 5.32 Å². The molecule has 1 fully saturated rings. The van der Waals surface area contributed by atoms with Crippen LogP contribution in [0.25, 0.3) is 0 Å². The van der Waals surface area contributed by atoms with Crippen LogP contribution in [0.1, 0.15) is 20.5 Å². The molecule has 124 valence electrons. The van der Waals surface area contributed by atoms with Gasteiger partial charge in [0, 0.05) is 22.8 Å². The summed E-state index contributed by atoms with van der Waals surface area (Å²) in [5.74, 6) is 1.86. The quantitative estimate of drug-likeness (QED) is 0.858. The summed E-state index contributed by atoms with van der Waals surface area (Å²) in [6.45, 7) is -0.0518. The van der Waals surface area contributed by atoms with E-state index in [1.807, 2.05) is 66.0 Å². The number of amides is 2. The van der Waals surface area contributed by atoms with Gasteiger partial charge in [0.05, 0.1) is 11.1 Å². The molecular weight excluding hydrogens is 340 g/mol. The molecule has 2 aromatic carbocycles. The molecule has 24 heavy (non-hydrogen) atoms. The van der Waals surface area contributed by atoms with E-state index in [-0.39, 0.29) is 18.4 Å². The van der Waals surface area contributed by atoms with Crippen molar-refractivity contribution in [2.75, 3.05) is 23.4 Å². The van der Waals surface area contributed by atoms with Crippen LogP contribution in [0.2, 0.25) is 0 Å². The van der Waals surface area contributed by atoms with Gasteiger partial charge < -0.3 is 10.6 Å². The smallest absolute Gasteiger partial charge is 0.251 e. The van der Waals surface area contributed by atoms with Crippen LogP contribution in [0.3, 0.4) is 0 Å². The van der Waals surface area contributed by atoms with E-state index in [9.17, 15) is 9.59 Å². The Kier molecular flexibility index (Phi) is 5.82. The van der Waals surface area contributed by atoms with Gasteiger partial charge in [-0.3, -0.25) is 9.59 Å². The van der Waals surface area contributed by atoms with E-state index in [2.05, 4.69) is 10.6 Å². The topological polar surface area (TPSA) is 58.2 Å². The highest BCUT2D eigenvalue weighted by molar-refractivity contribution is 8.19. The standard InChI is InChI=1S/C18H18N2O2S2/c21-16(20-15-4-2-1-3-5-15)12-19-17(22)13-6-8-14(9-7-13)18-23-10-11-24-18/h1-9,18H,10-12H2,(H,19,22)(H,20,21). The van der Waals surface area contributed by atoms with Gasteiger partial charge in [0.25, 0.3) is 5.91 Å². The molecule has 0 unspecified atom stereocenters. The van der Waals surface area contributed by atoms with Crippen LogP contribution in [0.5, 0.6) is 0 Å². The number of benzene rings is 2. The predicted octanol–water partition coefficient (Wildman–Crippen LogP) is 3.53. The highest BCUT2D eigenvalue weighted by atomic mass is 32.2. The van der Waals surface area contributed by atoms with Gasteiger partial charge in [-0.25, -0.2) is 0 Å². The first-order valence-electron chi connectivity index (χ1n) is 7.68. The fraction of sp³-hybridized carbons (Fsp3) is 0.222. The number of nitrogens with one attached hydrogen (secondary N) is 2. The number of carbonyl (C=O) groups excluding carboxylic acids is 2. The van der Waals surface area contributed by atoms with Crippen LogP contribution >= 0.6 is 23.5 Å². The second-order valence-electron chi connectivity index (χ2n) is 5.29. The van der Waals surface area contributed by atoms with E-state index in [1.54, 1.807) is 12.1 Å². The molecule has 0 aromatic heterocycles. The molecule has 2 N–H and O–H groups in total. The number of carbonyl (C=O) groups is 2. The Balaban J connectivity index is 1.50. The fourth-order valence-corrected chi connectivity index (χ4v) is 5.19. The van der Waals surface area contributed by atoms with Crippen LogP contribution in [-0.2, 0) is 4.79 Å². The van der Waals surface area contributed by atoms with Crippen molar-refractivity contribution >= 4 is 41.0 Å². The highest BCUT2D eigenvalue weighted by Crippen LogP contribution is 2.45. The number of hydrogen-bond donors (Lipinski definition) is 2. The lowest BCUT2D eigenvalue weighted by Crippen LogP contribution is -2.32. The number of anilines is 1. The first-order valence-corrected chi connectivity index (χ1v) is 9.78. The predicted molar refractivity (Wildman–Crippen MR) is 102 cm³/mol. The van der Waals surface area contributed by atoms with E-state index in [4.69, 9.17) is 0 Å². The van der Waals surface area contributed by atoms with Gasteiger partial charge in [-0.05, 0) is 29.8 Å². The van der Waals surface area contributed by atoms with E-state index >= 15 is 0 Å². The van der Waals surface area contributed by atoms with Crippen LogP contribution in [-0.4, -0.2) is 29.9 Å². The maximum Gasteiger partial charge on any atom is 0.251 e. The van der Waals surface area contributed by atoms with E-state index in [0.29, 0.717) is 15.8 Å². The van der Waals surface area contributed by atoms with Gasteiger partial charge in [0.15, 0.2) is 0 Å².